The molecule has 1 fully saturated rings. The number of carbonyl (C=O) groups is 3. The van der Waals surface area contributed by atoms with Crippen LogP contribution in [0.3, 0.4) is 0 Å². The van der Waals surface area contributed by atoms with Crippen molar-refractivity contribution in [3.8, 4) is 0 Å². The molecule has 1 saturated heterocycles. The fourth-order valence-corrected chi connectivity index (χ4v) is 4.36. The van der Waals surface area contributed by atoms with E-state index in [2.05, 4.69) is 4.72 Å². The van der Waals surface area contributed by atoms with Gasteiger partial charge in [0.25, 0.3) is 0 Å². The van der Waals surface area contributed by atoms with Crippen LogP contribution in [0.5, 0.6) is 0 Å². The Bertz CT molecular complexity index is 890. The van der Waals surface area contributed by atoms with Gasteiger partial charge in [-0.2, -0.15) is 13.2 Å². The Morgan fingerprint density at radius 3 is 2.34 bits per heavy atom. The molecule has 0 spiro atoms. The first kappa shape index (κ1) is 28.8. The summed E-state index contributed by atoms with van der Waals surface area (Å²) >= 11 is 1.05. The minimum atomic E-state index is -4.93. The van der Waals surface area contributed by atoms with Crippen LogP contribution in [0.2, 0.25) is 0 Å². The molecule has 0 bridgehead atoms. The van der Waals surface area contributed by atoms with Crippen LogP contribution in [-0.4, -0.2) is 60.4 Å². The third-order valence-electron chi connectivity index (χ3n) is 5.39. The number of nitrogens with zero attached hydrogens (tertiary/aromatic N) is 1. The maximum atomic E-state index is 12.8. The molecule has 2 rings (SSSR count). The number of amides is 3. The molecule has 8 nitrogen and oxygen atoms in total. The molecule has 1 aliphatic rings. The van der Waals surface area contributed by atoms with E-state index in [1.165, 1.54) is 7.11 Å². The Morgan fingerprint density at radius 2 is 1.80 bits per heavy atom. The minimum absolute atomic E-state index is 0.266. The topological polar surface area (TPSA) is 97.0 Å². The average Bonchev–Trinajstić information content (AvgIpc) is 3.24. The molecule has 3 amide bonds. The van der Waals surface area contributed by atoms with E-state index >= 15 is 0 Å². The summed E-state index contributed by atoms with van der Waals surface area (Å²) in [5, 5.41) is 1.80. The van der Waals surface area contributed by atoms with Gasteiger partial charge in [0.1, 0.15) is 5.60 Å². The van der Waals surface area contributed by atoms with Gasteiger partial charge in [0.2, 0.25) is 5.91 Å². The van der Waals surface area contributed by atoms with Crippen molar-refractivity contribution in [2.75, 3.05) is 13.7 Å². The van der Waals surface area contributed by atoms with Gasteiger partial charge in [-0.3, -0.25) is 14.3 Å². The zero-order chi connectivity index (χ0) is 26.4. The average molecular weight is 520 g/mol. The van der Waals surface area contributed by atoms with Gasteiger partial charge < -0.3 is 19.7 Å². The molecule has 196 valence electrons. The van der Waals surface area contributed by atoms with Crippen LogP contribution < -0.4 is 10.0 Å². The predicted molar refractivity (Wildman–Crippen MR) is 124 cm³/mol. The van der Waals surface area contributed by atoms with Gasteiger partial charge in [-0.25, -0.2) is 4.79 Å². The quantitative estimate of drug-likeness (QED) is 0.504. The van der Waals surface area contributed by atoms with Crippen LogP contribution in [0.25, 0.3) is 0 Å². The molecule has 35 heavy (non-hydrogen) atoms. The number of hydrogen-bond donors (Lipinski definition) is 2. The number of benzene rings is 1. The number of alkyl halides is 3. The minimum Gasteiger partial charge on any atom is -0.444 e. The highest BCUT2D eigenvalue weighted by Gasteiger charge is 2.41. The third kappa shape index (κ3) is 8.60. The lowest BCUT2D eigenvalue weighted by Gasteiger charge is -2.34. The number of rotatable bonds is 8. The fourth-order valence-electron chi connectivity index (χ4n) is 3.68. The van der Waals surface area contributed by atoms with Gasteiger partial charge in [-0.15, -0.1) is 0 Å². The molecular formula is C23H32F3N3O5S. The van der Waals surface area contributed by atoms with Crippen molar-refractivity contribution in [3.63, 3.8) is 0 Å². The summed E-state index contributed by atoms with van der Waals surface area (Å²) in [7, 11) is 1.50. The second kappa shape index (κ2) is 12.0. The van der Waals surface area contributed by atoms with Crippen molar-refractivity contribution in [1.82, 2.24) is 14.9 Å². The van der Waals surface area contributed by atoms with E-state index in [0.29, 0.717) is 23.4 Å². The molecule has 12 heteroatoms. The Balaban J connectivity index is 1.92. The van der Waals surface area contributed by atoms with Gasteiger partial charge in [0, 0.05) is 25.1 Å². The number of ether oxygens (including phenoxy) is 2. The normalized spacial score (nSPS) is 18.1. The highest BCUT2D eigenvalue weighted by molar-refractivity contribution is 7.98. The molecule has 0 aromatic heterocycles. The molecule has 2 N–H and O–H groups in total. The lowest BCUT2D eigenvalue weighted by atomic mass is 9.95. The van der Waals surface area contributed by atoms with Crippen LogP contribution >= 0.6 is 11.9 Å². The standard InChI is InChI=1S/C23H32F3N3O5S/c1-14(18(33-5)17-7-6-12-29(17)21(32)34-22(2,3)4)19(30)28-35-16-10-8-15(9-11-16)13-27-20(31)23(24,25)26/h8-11,14,17-18H,6-7,12-13H2,1-5H3,(H,27,31)(H,28,30). The van der Waals surface area contributed by atoms with Crippen molar-refractivity contribution >= 4 is 29.9 Å². The number of halogens is 3. The molecule has 1 aromatic rings. The second-order valence-corrected chi connectivity index (χ2v) is 10.1. The van der Waals surface area contributed by atoms with E-state index in [1.807, 2.05) is 0 Å². The van der Waals surface area contributed by atoms with Gasteiger partial charge in [-0.05, 0) is 63.3 Å². The van der Waals surface area contributed by atoms with Crippen LogP contribution in [-0.2, 0) is 25.6 Å². The molecule has 0 aliphatic carbocycles. The summed E-state index contributed by atoms with van der Waals surface area (Å²) < 4.78 is 50.7. The van der Waals surface area contributed by atoms with Crippen molar-refractivity contribution in [2.45, 2.75) is 75.9 Å². The first-order valence-corrected chi connectivity index (χ1v) is 12.0. The monoisotopic (exact) mass is 519 g/mol. The maximum Gasteiger partial charge on any atom is 0.471 e. The van der Waals surface area contributed by atoms with Gasteiger partial charge in [0.15, 0.2) is 0 Å². The summed E-state index contributed by atoms with van der Waals surface area (Å²) in [4.78, 5) is 38.6. The van der Waals surface area contributed by atoms with Crippen LogP contribution in [0.4, 0.5) is 18.0 Å². The summed E-state index contributed by atoms with van der Waals surface area (Å²) in [5.41, 5.74) is -0.152. The molecule has 3 atom stereocenters. The zero-order valence-electron chi connectivity index (χ0n) is 20.4. The number of nitrogens with one attached hydrogen (secondary N) is 2. The second-order valence-electron chi connectivity index (χ2n) is 9.27. The number of carbonyl (C=O) groups excluding carboxylic acids is 3. The third-order valence-corrected chi connectivity index (χ3v) is 6.20. The molecule has 1 aliphatic heterocycles. The summed E-state index contributed by atoms with van der Waals surface area (Å²) in [6.45, 7) is 7.37. The number of methoxy groups -OCH3 is 1. The first-order chi connectivity index (χ1) is 16.2. The van der Waals surface area contributed by atoms with Crippen molar-refractivity contribution < 1.29 is 37.0 Å². The lowest BCUT2D eigenvalue weighted by Crippen LogP contribution is -2.50. The Kier molecular flexibility index (Phi) is 9.85. The smallest absolute Gasteiger partial charge is 0.444 e. The van der Waals surface area contributed by atoms with Crippen molar-refractivity contribution in [2.24, 2.45) is 5.92 Å². The molecule has 0 saturated carbocycles. The summed E-state index contributed by atoms with van der Waals surface area (Å²) in [6.07, 6.45) is -4.43. The van der Waals surface area contributed by atoms with Gasteiger partial charge in [-0.1, -0.05) is 19.1 Å². The Labute approximate surface area is 207 Å². The van der Waals surface area contributed by atoms with Crippen molar-refractivity contribution in [1.29, 1.82) is 0 Å². The predicted octanol–water partition coefficient (Wildman–Crippen LogP) is 4.04. The summed E-state index contributed by atoms with van der Waals surface area (Å²) in [5.74, 6) is -2.87. The summed E-state index contributed by atoms with van der Waals surface area (Å²) in [6, 6.07) is 6.07. The van der Waals surface area contributed by atoms with Crippen molar-refractivity contribution in [3.05, 3.63) is 29.8 Å². The Morgan fingerprint density at radius 1 is 1.17 bits per heavy atom. The largest absolute Gasteiger partial charge is 0.471 e. The SMILES string of the molecule is COC(C(C)C(=O)NSc1ccc(CNC(=O)C(F)(F)F)cc1)C1CCCN1C(=O)OC(C)(C)C. The van der Waals surface area contributed by atoms with Gasteiger partial charge in [0.05, 0.1) is 18.1 Å². The first-order valence-electron chi connectivity index (χ1n) is 11.2. The van der Waals surface area contributed by atoms with Crippen LogP contribution in [0.15, 0.2) is 29.2 Å². The number of hydrogen-bond acceptors (Lipinski definition) is 6. The van der Waals surface area contributed by atoms with E-state index in [-0.39, 0.29) is 18.5 Å². The van der Waals surface area contributed by atoms with E-state index in [1.54, 1.807) is 62.2 Å². The highest BCUT2D eigenvalue weighted by Crippen LogP contribution is 2.28. The van der Waals surface area contributed by atoms with E-state index < -0.39 is 35.8 Å². The highest BCUT2D eigenvalue weighted by atomic mass is 32.2. The van der Waals surface area contributed by atoms with E-state index in [9.17, 15) is 27.6 Å². The van der Waals surface area contributed by atoms with Crippen LogP contribution in [0.1, 0.15) is 46.1 Å². The molecule has 0 radical (unpaired) electrons. The molecule has 1 heterocycles. The Hall–Kier alpha value is -2.47. The fraction of sp³-hybridized carbons (Fsp3) is 0.609. The van der Waals surface area contributed by atoms with Gasteiger partial charge >= 0.3 is 18.2 Å². The molecule has 1 aromatic carbocycles. The lowest BCUT2D eigenvalue weighted by molar-refractivity contribution is -0.173. The maximum absolute atomic E-state index is 12.8. The zero-order valence-corrected chi connectivity index (χ0v) is 21.2. The molecular weight excluding hydrogens is 487 g/mol. The molecule has 3 unspecified atom stereocenters. The van der Waals surface area contributed by atoms with Crippen LogP contribution in [0, 0.1) is 5.92 Å². The number of likely N-dealkylation sites (tertiary alicyclic amines) is 1. The van der Waals surface area contributed by atoms with E-state index in [4.69, 9.17) is 9.47 Å². The van der Waals surface area contributed by atoms with E-state index in [0.717, 1.165) is 18.4 Å².